The number of H-pyrrole nitrogens is 1. The first-order valence-electron chi connectivity index (χ1n) is 11.7. The Morgan fingerprint density at radius 2 is 1.94 bits per heavy atom. The standard InChI is InChI=1S/C24H27ClN4O5/c25-17-13-18-23(28-24(26-18)34-20-14-33-19-5-9-32-22(19)20)27-21(17)15-1-3-16(4-2-15)31-12-8-29-6-10-30-11-7-29/h1-4,13,19-20,22H,5-12,14H2,(H,26,27,28). The Morgan fingerprint density at radius 1 is 1.09 bits per heavy atom. The van der Waals surface area contributed by atoms with Crippen LogP contribution in [0.2, 0.25) is 5.02 Å². The van der Waals surface area contributed by atoms with Gasteiger partial charge in [-0.05, 0) is 36.8 Å². The van der Waals surface area contributed by atoms with Crippen molar-refractivity contribution in [3.05, 3.63) is 35.4 Å². The van der Waals surface area contributed by atoms with Crippen LogP contribution in [-0.2, 0) is 14.2 Å². The molecular formula is C24H27ClN4O5. The molecule has 0 saturated carbocycles. The van der Waals surface area contributed by atoms with Crippen LogP contribution in [0.3, 0.4) is 0 Å². The van der Waals surface area contributed by atoms with Gasteiger partial charge in [0.2, 0.25) is 0 Å². The monoisotopic (exact) mass is 486 g/mol. The molecule has 9 nitrogen and oxygen atoms in total. The average Bonchev–Trinajstić information content (AvgIpc) is 3.57. The van der Waals surface area contributed by atoms with Crippen molar-refractivity contribution in [1.29, 1.82) is 0 Å². The third kappa shape index (κ3) is 4.58. The van der Waals surface area contributed by atoms with Crippen LogP contribution in [-0.4, -0.2) is 90.8 Å². The number of pyridine rings is 1. The Kier molecular flexibility index (Phi) is 6.28. The Morgan fingerprint density at radius 3 is 2.79 bits per heavy atom. The minimum absolute atomic E-state index is 0.0464. The summed E-state index contributed by atoms with van der Waals surface area (Å²) >= 11 is 6.56. The van der Waals surface area contributed by atoms with Crippen molar-refractivity contribution in [2.75, 3.05) is 52.7 Å². The zero-order valence-electron chi connectivity index (χ0n) is 18.7. The number of aromatic amines is 1. The highest BCUT2D eigenvalue weighted by Crippen LogP contribution is 2.32. The number of benzene rings is 1. The number of fused-ring (bicyclic) bond motifs is 2. The molecular weight excluding hydrogens is 460 g/mol. The summed E-state index contributed by atoms with van der Waals surface area (Å²) in [6.45, 7) is 6.22. The number of hydrogen-bond donors (Lipinski definition) is 1. The Hall–Kier alpha value is -2.43. The molecule has 0 spiro atoms. The highest BCUT2D eigenvalue weighted by molar-refractivity contribution is 6.33. The summed E-state index contributed by atoms with van der Waals surface area (Å²) < 4.78 is 28.8. The second-order valence-corrected chi connectivity index (χ2v) is 9.12. The Labute approximate surface area is 202 Å². The summed E-state index contributed by atoms with van der Waals surface area (Å²) in [5.41, 5.74) is 2.82. The van der Waals surface area contributed by atoms with Crippen LogP contribution in [0.4, 0.5) is 0 Å². The van der Waals surface area contributed by atoms with E-state index in [1.807, 2.05) is 30.3 Å². The van der Waals surface area contributed by atoms with Crippen molar-refractivity contribution in [1.82, 2.24) is 19.9 Å². The third-order valence-corrected chi connectivity index (χ3v) is 6.78. The molecule has 0 bridgehead atoms. The lowest BCUT2D eigenvalue weighted by molar-refractivity contribution is 0.0273. The lowest BCUT2D eigenvalue weighted by atomic mass is 10.1. The molecule has 3 aromatic rings. The van der Waals surface area contributed by atoms with Gasteiger partial charge in [0.15, 0.2) is 11.8 Å². The summed E-state index contributed by atoms with van der Waals surface area (Å²) in [7, 11) is 0. The first-order valence-corrected chi connectivity index (χ1v) is 12.1. The molecule has 2 aromatic heterocycles. The zero-order valence-corrected chi connectivity index (χ0v) is 19.5. The van der Waals surface area contributed by atoms with Crippen molar-refractivity contribution >= 4 is 22.8 Å². The van der Waals surface area contributed by atoms with E-state index in [9.17, 15) is 0 Å². The molecule has 0 aliphatic carbocycles. The predicted molar refractivity (Wildman–Crippen MR) is 126 cm³/mol. The molecule has 3 fully saturated rings. The zero-order chi connectivity index (χ0) is 22.9. The number of morpholine rings is 1. The molecule has 1 N–H and O–H groups in total. The first-order chi connectivity index (χ1) is 16.7. The van der Waals surface area contributed by atoms with E-state index in [2.05, 4.69) is 19.9 Å². The van der Waals surface area contributed by atoms with Crippen LogP contribution < -0.4 is 9.47 Å². The lowest BCUT2D eigenvalue weighted by Crippen LogP contribution is -2.38. The van der Waals surface area contributed by atoms with Gasteiger partial charge < -0.3 is 28.7 Å². The van der Waals surface area contributed by atoms with Gasteiger partial charge in [-0.25, -0.2) is 4.98 Å². The van der Waals surface area contributed by atoms with E-state index < -0.39 is 0 Å². The van der Waals surface area contributed by atoms with Gasteiger partial charge in [0.1, 0.15) is 18.5 Å². The molecule has 3 unspecified atom stereocenters. The van der Waals surface area contributed by atoms with Gasteiger partial charge in [-0.2, -0.15) is 4.98 Å². The second kappa shape index (κ2) is 9.67. The van der Waals surface area contributed by atoms with Crippen LogP contribution in [0.25, 0.3) is 22.4 Å². The quantitative estimate of drug-likeness (QED) is 0.545. The molecule has 1 aromatic carbocycles. The largest absolute Gasteiger partial charge is 0.492 e. The van der Waals surface area contributed by atoms with Gasteiger partial charge in [-0.3, -0.25) is 4.90 Å². The van der Waals surface area contributed by atoms with Gasteiger partial charge in [-0.15, -0.1) is 0 Å². The number of rotatable bonds is 7. The minimum atomic E-state index is -0.182. The number of hydrogen-bond acceptors (Lipinski definition) is 8. The highest BCUT2D eigenvalue weighted by atomic mass is 35.5. The average molecular weight is 487 g/mol. The van der Waals surface area contributed by atoms with Crippen LogP contribution in [0.1, 0.15) is 6.42 Å². The van der Waals surface area contributed by atoms with Crippen molar-refractivity contribution in [3.63, 3.8) is 0 Å². The SMILES string of the molecule is Clc1cc2[nH]c(OC3COC4CCOC43)nc2nc1-c1ccc(OCCN2CCOCC2)cc1. The van der Waals surface area contributed by atoms with E-state index in [-0.39, 0.29) is 18.3 Å². The Bertz CT molecular complexity index is 1130. The number of ether oxygens (including phenoxy) is 5. The molecule has 6 rings (SSSR count). The molecule has 0 amide bonds. The normalized spacial score (nSPS) is 25.0. The summed E-state index contributed by atoms with van der Waals surface area (Å²) in [5.74, 6) is 0.816. The number of nitrogens with zero attached hydrogens (tertiary/aromatic N) is 3. The second-order valence-electron chi connectivity index (χ2n) is 8.71. The van der Waals surface area contributed by atoms with E-state index in [0.29, 0.717) is 42.2 Å². The van der Waals surface area contributed by atoms with Crippen LogP contribution in [0.15, 0.2) is 30.3 Å². The van der Waals surface area contributed by atoms with Crippen molar-refractivity contribution in [3.8, 4) is 23.0 Å². The van der Waals surface area contributed by atoms with Gasteiger partial charge in [-0.1, -0.05) is 11.6 Å². The molecule has 180 valence electrons. The summed E-state index contributed by atoms with van der Waals surface area (Å²) in [6.07, 6.45) is 0.789. The molecule has 3 aliphatic heterocycles. The fourth-order valence-corrected chi connectivity index (χ4v) is 4.92. The van der Waals surface area contributed by atoms with E-state index in [1.165, 1.54) is 0 Å². The van der Waals surface area contributed by atoms with Gasteiger partial charge in [0.25, 0.3) is 6.01 Å². The van der Waals surface area contributed by atoms with Crippen LogP contribution in [0.5, 0.6) is 11.8 Å². The third-order valence-electron chi connectivity index (χ3n) is 6.50. The highest BCUT2D eigenvalue weighted by Gasteiger charge is 2.43. The van der Waals surface area contributed by atoms with Crippen LogP contribution in [0, 0.1) is 0 Å². The summed E-state index contributed by atoms with van der Waals surface area (Å²) in [6, 6.07) is 10.0. The van der Waals surface area contributed by atoms with Crippen molar-refractivity contribution in [2.45, 2.75) is 24.7 Å². The van der Waals surface area contributed by atoms with E-state index in [4.69, 9.17) is 35.3 Å². The first kappa shape index (κ1) is 22.1. The number of aromatic nitrogens is 3. The predicted octanol–water partition coefficient (Wildman–Crippen LogP) is 2.92. The van der Waals surface area contributed by atoms with Crippen molar-refractivity contribution < 1.29 is 23.7 Å². The topological polar surface area (TPSA) is 91.0 Å². The summed E-state index contributed by atoms with van der Waals surface area (Å²) in [4.78, 5) is 14.7. The van der Waals surface area contributed by atoms with E-state index in [0.717, 1.165) is 56.1 Å². The number of nitrogens with one attached hydrogen (secondary N) is 1. The van der Waals surface area contributed by atoms with Gasteiger partial charge >= 0.3 is 0 Å². The van der Waals surface area contributed by atoms with Crippen molar-refractivity contribution in [2.24, 2.45) is 0 Å². The maximum Gasteiger partial charge on any atom is 0.296 e. The maximum absolute atomic E-state index is 6.56. The maximum atomic E-state index is 6.56. The fraction of sp³-hybridized carbons (Fsp3) is 0.500. The molecule has 3 aliphatic rings. The smallest absolute Gasteiger partial charge is 0.296 e. The number of halogens is 1. The summed E-state index contributed by atoms with van der Waals surface area (Å²) in [5, 5.41) is 0.534. The molecule has 3 atom stereocenters. The van der Waals surface area contributed by atoms with Gasteiger partial charge in [0.05, 0.1) is 42.2 Å². The number of imidazole rings is 1. The molecule has 3 saturated heterocycles. The fourth-order valence-electron chi connectivity index (χ4n) is 4.65. The molecule has 34 heavy (non-hydrogen) atoms. The molecule has 5 heterocycles. The van der Waals surface area contributed by atoms with Gasteiger partial charge in [0, 0.05) is 31.8 Å². The molecule has 10 heteroatoms. The van der Waals surface area contributed by atoms with Crippen LogP contribution >= 0.6 is 11.6 Å². The Balaban J connectivity index is 1.12. The minimum Gasteiger partial charge on any atom is -0.492 e. The lowest BCUT2D eigenvalue weighted by Gasteiger charge is -2.26. The van der Waals surface area contributed by atoms with E-state index >= 15 is 0 Å². The van der Waals surface area contributed by atoms with E-state index in [1.54, 1.807) is 0 Å². The molecule has 0 radical (unpaired) electrons.